The first kappa shape index (κ1) is 23.2. The van der Waals surface area contributed by atoms with E-state index in [1.807, 2.05) is 42.5 Å². The maximum atomic E-state index is 11.9. The highest BCUT2D eigenvalue weighted by molar-refractivity contribution is 7.10. The molecule has 1 aromatic carbocycles. The van der Waals surface area contributed by atoms with E-state index < -0.39 is 6.09 Å². The number of unbranched alkanes of at least 4 members (excludes halogenated alkanes) is 1. The number of amides is 1. The Bertz CT molecular complexity index is 847. The molecule has 1 atom stereocenters. The number of hydrogen-bond donors (Lipinski definition) is 1. The number of carbonyl (C=O) groups is 2. The molecule has 3 aromatic rings. The van der Waals surface area contributed by atoms with Gasteiger partial charge in [0.25, 0.3) is 0 Å². The fourth-order valence-electron chi connectivity index (χ4n) is 3.28. The molecule has 1 unspecified atom stereocenters. The Hall–Kier alpha value is -2.48. The van der Waals surface area contributed by atoms with Gasteiger partial charge in [0.1, 0.15) is 12.9 Å². The lowest BCUT2D eigenvalue weighted by Crippen LogP contribution is -2.35. The summed E-state index contributed by atoms with van der Waals surface area (Å²) in [4.78, 5) is 28.5. The zero-order chi connectivity index (χ0) is 21.7. The van der Waals surface area contributed by atoms with Crippen molar-refractivity contribution in [3.8, 4) is 0 Å². The van der Waals surface area contributed by atoms with Gasteiger partial charge in [-0.2, -0.15) is 0 Å². The van der Waals surface area contributed by atoms with Crippen LogP contribution in [0.2, 0.25) is 0 Å². The fourth-order valence-corrected chi connectivity index (χ4v) is 4.73. The molecule has 0 fully saturated rings. The quantitative estimate of drug-likeness (QED) is 0.273. The average molecular weight is 457 g/mol. The summed E-state index contributed by atoms with van der Waals surface area (Å²) < 4.78 is 5.22. The predicted molar refractivity (Wildman–Crippen MR) is 126 cm³/mol. The second-order valence-corrected chi connectivity index (χ2v) is 9.32. The highest BCUT2D eigenvalue weighted by atomic mass is 32.1. The van der Waals surface area contributed by atoms with Crippen LogP contribution < -0.4 is 5.32 Å². The van der Waals surface area contributed by atoms with Crippen LogP contribution in [0.3, 0.4) is 0 Å². The van der Waals surface area contributed by atoms with Crippen LogP contribution in [-0.2, 0) is 29.2 Å². The third-order valence-electron chi connectivity index (χ3n) is 4.91. The zero-order valence-corrected chi connectivity index (χ0v) is 19.1. The molecule has 0 radical (unpaired) electrons. The average Bonchev–Trinajstić information content (AvgIpc) is 3.50. The van der Waals surface area contributed by atoms with Gasteiger partial charge in [-0.25, -0.2) is 4.79 Å². The van der Waals surface area contributed by atoms with Gasteiger partial charge in [0.15, 0.2) is 0 Å². The first-order valence-corrected chi connectivity index (χ1v) is 12.2. The maximum absolute atomic E-state index is 11.9. The van der Waals surface area contributed by atoms with Gasteiger partial charge in [-0.1, -0.05) is 42.5 Å². The molecule has 1 N–H and O–H groups in total. The van der Waals surface area contributed by atoms with Crippen molar-refractivity contribution in [2.75, 3.05) is 6.54 Å². The number of benzene rings is 1. The molecule has 7 heteroatoms. The van der Waals surface area contributed by atoms with Crippen LogP contribution in [-0.4, -0.2) is 29.9 Å². The van der Waals surface area contributed by atoms with Crippen LogP contribution in [0.4, 0.5) is 4.79 Å². The normalized spacial score (nSPS) is 11.9. The van der Waals surface area contributed by atoms with Crippen LogP contribution in [0.1, 0.15) is 34.6 Å². The van der Waals surface area contributed by atoms with Crippen LogP contribution in [0.25, 0.3) is 0 Å². The third kappa shape index (κ3) is 8.28. The maximum Gasteiger partial charge on any atom is 0.407 e. The van der Waals surface area contributed by atoms with Crippen LogP contribution in [0.5, 0.6) is 0 Å². The number of hydrogen-bond acceptors (Lipinski definition) is 6. The van der Waals surface area contributed by atoms with E-state index in [2.05, 4.69) is 33.1 Å². The lowest BCUT2D eigenvalue weighted by molar-refractivity contribution is -0.113. The Morgan fingerprint density at radius 3 is 2.23 bits per heavy atom. The number of aldehydes is 1. The van der Waals surface area contributed by atoms with Gasteiger partial charge >= 0.3 is 6.09 Å². The summed E-state index contributed by atoms with van der Waals surface area (Å²) in [5.74, 6) is 0. The Balaban J connectivity index is 1.39. The summed E-state index contributed by atoms with van der Waals surface area (Å²) in [6.45, 7) is 2.33. The van der Waals surface area contributed by atoms with Crippen molar-refractivity contribution in [1.82, 2.24) is 10.2 Å². The number of thiophene rings is 2. The van der Waals surface area contributed by atoms with E-state index in [0.717, 1.165) is 44.2 Å². The molecule has 31 heavy (non-hydrogen) atoms. The second kappa shape index (κ2) is 13.0. The Labute approximate surface area is 191 Å². The van der Waals surface area contributed by atoms with Gasteiger partial charge in [-0.05, 0) is 47.7 Å². The van der Waals surface area contributed by atoms with Gasteiger partial charge in [0.2, 0.25) is 0 Å². The van der Waals surface area contributed by atoms with Crippen molar-refractivity contribution >= 4 is 35.1 Å². The highest BCUT2D eigenvalue weighted by Gasteiger charge is 2.19. The molecule has 0 saturated heterocycles. The first-order valence-electron chi connectivity index (χ1n) is 10.4. The molecule has 1 amide bonds. The predicted octanol–water partition coefficient (Wildman–Crippen LogP) is 5.48. The van der Waals surface area contributed by atoms with E-state index in [1.54, 1.807) is 22.7 Å². The zero-order valence-electron chi connectivity index (χ0n) is 17.4. The molecule has 2 aromatic heterocycles. The lowest BCUT2D eigenvalue weighted by atomic mass is 10.1. The van der Waals surface area contributed by atoms with E-state index in [4.69, 9.17) is 4.74 Å². The molecule has 0 aliphatic heterocycles. The molecule has 0 aliphatic carbocycles. The number of carbonyl (C=O) groups excluding carboxylic acids is 2. The smallest absolute Gasteiger partial charge is 0.407 e. The van der Waals surface area contributed by atoms with Crippen LogP contribution in [0, 0.1) is 0 Å². The first-order chi connectivity index (χ1) is 15.2. The molecule has 3 rings (SSSR count). The summed E-state index contributed by atoms with van der Waals surface area (Å²) >= 11 is 3.43. The van der Waals surface area contributed by atoms with Crippen molar-refractivity contribution in [2.24, 2.45) is 0 Å². The van der Waals surface area contributed by atoms with Gasteiger partial charge < -0.3 is 14.8 Å². The van der Waals surface area contributed by atoms with Gasteiger partial charge in [-0.15, -0.1) is 22.7 Å². The summed E-state index contributed by atoms with van der Waals surface area (Å²) in [6.07, 6.45) is 3.07. The molecule has 0 spiro atoms. The lowest BCUT2D eigenvalue weighted by Gasteiger charge is -2.27. The Kier molecular flexibility index (Phi) is 9.76. The number of rotatable bonds is 13. The number of alkyl carbamates (subject to hydrolysis) is 1. The minimum absolute atomic E-state index is 0.144. The molecule has 0 saturated carbocycles. The summed E-state index contributed by atoms with van der Waals surface area (Å²) in [6, 6.07) is 17.8. The molecular weight excluding hydrogens is 428 g/mol. The topological polar surface area (TPSA) is 58.6 Å². The van der Waals surface area contributed by atoms with Gasteiger partial charge in [0.05, 0.1) is 6.04 Å². The van der Waals surface area contributed by atoms with Crippen molar-refractivity contribution < 1.29 is 14.3 Å². The van der Waals surface area contributed by atoms with Crippen LogP contribution >= 0.6 is 22.7 Å². The monoisotopic (exact) mass is 456 g/mol. The Morgan fingerprint density at radius 2 is 1.65 bits per heavy atom. The number of nitrogens with one attached hydrogen (secondary N) is 1. The minimum Gasteiger partial charge on any atom is -0.445 e. The number of nitrogens with zero attached hydrogens (tertiary/aromatic N) is 1. The third-order valence-corrected chi connectivity index (χ3v) is 6.64. The Morgan fingerprint density at radius 1 is 0.968 bits per heavy atom. The molecule has 0 bridgehead atoms. The second-order valence-electron chi connectivity index (χ2n) is 7.25. The molecular formula is C24H28N2O3S2. The van der Waals surface area contributed by atoms with E-state index in [-0.39, 0.29) is 12.6 Å². The molecule has 0 aliphatic rings. The van der Waals surface area contributed by atoms with E-state index in [1.165, 1.54) is 9.75 Å². The van der Waals surface area contributed by atoms with E-state index >= 15 is 0 Å². The number of ether oxygens (including phenoxy) is 1. The van der Waals surface area contributed by atoms with Gasteiger partial charge in [0, 0.05) is 29.4 Å². The fraction of sp³-hybridized carbons (Fsp3) is 0.333. The van der Waals surface area contributed by atoms with Crippen LogP contribution in [0.15, 0.2) is 65.4 Å². The van der Waals surface area contributed by atoms with Gasteiger partial charge in [-0.3, -0.25) is 4.90 Å². The summed E-state index contributed by atoms with van der Waals surface area (Å²) in [5, 5.41) is 6.92. The minimum atomic E-state index is -0.409. The molecule has 5 nitrogen and oxygen atoms in total. The standard InChI is InChI=1S/C24H28N2O3S2/c27-18-21(26(16-22-11-6-14-30-22)17-23-12-7-15-31-23)10-4-5-13-25-24(28)29-19-20-8-2-1-3-9-20/h1-3,6-9,11-12,14-15,18,21H,4-5,10,13,16-17,19H2,(H,25,28). The largest absolute Gasteiger partial charge is 0.445 e. The van der Waals surface area contributed by atoms with Crippen molar-refractivity contribution in [3.05, 3.63) is 80.7 Å². The van der Waals surface area contributed by atoms with E-state index in [0.29, 0.717) is 6.54 Å². The summed E-state index contributed by atoms with van der Waals surface area (Å²) in [5.41, 5.74) is 0.961. The molecule has 164 valence electrons. The SMILES string of the molecule is O=CC(CCCCNC(=O)OCc1ccccc1)N(Cc1cccs1)Cc1cccs1. The summed E-state index contributed by atoms with van der Waals surface area (Å²) in [7, 11) is 0. The highest BCUT2D eigenvalue weighted by Crippen LogP contribution is 2.20. The van der Waals surface area contributed by atoms with Crippen molar-refractivity contribution in [1.29, 1.82) is 0 Å². The van der Waals surface area contributed by atoms with Crippen molar-refractivity contribution in [3.63, 3.8) is 0 Å². The molecule has 2 heterocycles. The van der Waals surface area contributed by atoms with Crippen molar-refractivity contribution in [2.45, 2.75) is 45.0 Å². The van der Waals surface area contributed by atoms with E-state index in [9.17, 15) is 9.59 Å².